The first-order valence-electron chi connectivity index (χ1n) is 5.87. The molecule has 2 heterocycles. The smallest absolute Gasteiger partial charge is 0.109 e. The molecule has 3 nitrogen and oxygen atoms in total. The highest BCUT2D eigenvalue weighted by atomic mass is 16.5. The average Bonchev–Trinajstić information content (AvgIpc) is 2.63. The summed E-state index contributed by atoms with van der Waals surface area (Å²) in [6.07, 6.45) is 7.96. The summed E-state index contributed by atoms with van der Waals surface area (Å²) in [6.45, 7) is 3.13. The molecule has 0 spiro atoms. The van der Waals surface area contributed by atoms with Gasteiger partial charge in [-0.15, -0.1) is 0 Å². The van der Waals surface area contributed by atoms with E-state index in [1.807, 2.05) is 0 Å². The maximum Gasteiger partial charge on any atom is 0.109 e. The molecular weight excluding hydrogens is 188 g/mol. The average molecular weight is 208 g/mol. The molecule has 0 amide bonds. The van der Waals surface area contributed by atoms with E-state index in [9.17, 15) is 0 Å². The number of aryl methyl sites for hydroxylation is 2. The number of rotatable bonds is 4. The molecule has 0 radical (unpaired) electrons. The Balaban J connectivity index is 2.08. The molecule has 0 aliphatic carbocycles. The molecule has 0 fully saturated rings. The van der Waals surface area contributed by atoms with Gasteiger partial charge in [-0.05, 0) is 32.6 Å². The minimum Gasteiger partial charge on any atom is -0.385 e. The number of methoxy groups -OCH3 is 1. The summed E-state index contributed by atoms with van der Waals surface area (Å²) < 4.78 is 7.50. The minimum absolute atomic E-state index is 0.633. The first-order valence-corrected chi connectivity index (χ1v) is 5.87. The number of nitrogens with zero attached hydrogens (tertiary/aromatic N) is 2. The predicted molar refractivity (Wildman–Crippen MR) is 60.1 cm³/mol. The molecule has 1 aromatic rings. The summed E-state index contributed by atoms with van der Waals surface area (Å²) in [7, 11) is 1.75. The lowest BCUT2D eigenvalue weighted by Gasteiger charge is -2.24. The molecule has 3 heteroatoms. The van der Waals surface area contributed by atoms with Crippen molar-refractivity contribution in [1.29, 1.82) is 0 Å². The number of ether oxygens (including phenoxy) is 1. The lowest BCUT2D eigenvalue weighted by molar-refractivity contribution is 0.194. The molecule has 1 unspecified atom stereocenters. The van der Waals surface area contributed by atoms with Crippen LogP contribution in [0.1, 0.15) is 43.7 Å². The van der Waals surface area contributed by atoms with Crippen LogP contribution in [0, 0.1) is 0 Å². The fraction of sp³-hybridized carbons (Fsp3) is 0.750. The normalized spacial score (nSPS) is 20.3. The third kappa shape index (κ3) is 2.23. The maximum atomic E-state index is 5.07. The monoisotopic (exact) mass is 208 g/mol. The van der Waals surface area contributed by atoms with E-state index in [0.29, 0.717) is 6.04 Å². The van der Waals surface area contributed by atoms with Gasteiger partial charge in [0.25, 0.3) is 0 Å². The van der Waals surface area contributed by atoms with Crippen molar-refractivity contribution in [2.75, 3.05) is 13.7 Å². The summed E-state index contributed by atoms with van der Waals surface area (Å²) in [6, 6.07) is 0.633. The van der Waals surface area contributed by atoms with Gasteiger partial charge in [0.05, 0.1) is 0 Å². The van der Waals surface area contributed by atoms with Gasteiger partial charge < -0.3 is 9.30 Å². The molecule has 15 heavy (non-hydrogen) atoms. The summed E-state index contributed by atoms with van der Waals surface area (Å²) in [4.78, 5) is 4.53. The van der Waals surface area contributed by atoms with Crippen LogP contribution in [0.2, 0.25) is 0 Å². The summed E-state index contributed by atoms with van der Waals surface area (Å²) in [5, 5.41) is 0. The van der Waals surface area contributed by atoms with E-state index in [-0.39, 0.29) is 0 Å². The molecule has 2 rings (SSSR count). The second-order valence-electron chi connectivity index (χ2n) is 4.37. The third-order valence-electron chi connectivity index (χ3n) is 3.19. The van der Waals surface area contributed by atoms with E-state index in [1.165, 1.54) is 30.8 Å². The molecule has 0 N–H and O–H groups in total. The zero-order chi connectivity index (χ0) is 10.7. The van der Waals surface area contributed by atoms with Crippen LogP contribution in [0.3, 0.4) is 0 Å². The van der Waals surface area contributed by atoms with Crippen molar-refractivity contribution in [3.05, 3.63) is 17.7 Å². The van der Waals surface area contributed by atoms with Crippen LogP contribution in [0.4, 0.5) is 0 Å². The van der Waals surface area contributed by atoms with Crippen molar-refractivity contribution in [3.63, 3.8) is 0 Å². The van der Waals surface area contributed by atoms with E-state index >= 15 is 0 Å². The molecule has 0 saturated heterocycles. The quantitative estimate of drug-likeness (QED) is 0.710. The molecule has 1 atom stereocenters. The van der Waals surface area contributed by atoms with Crippen LogP contribution in [0.25, 0.3) is 0 Å². The Morgan fingerprint density at radius 3 is 3.27 bits per heavy atom. The van der Waals surface area contributed by atoms with Crippen LogP contribution >= 0.6 is 0 Å². The van der Waals surface area contributed by atoms with Gasteiger partial charge in [0.2, 0.25) is 0 Å². The summed E-state index contributed by atoms with van der Waals surface area (Å²) in [5.41, 5.74) is 1.42. The maximum absolute atomic E-state index is 5.07. The van der Waals surface area contributed by atoms with Crippen molar-refractivity contribution >= 4 is 0 Å². The van der Waals surface area contributed by atoms with E-state index in [0.717, 1.165) is 19.4 Å². The molecule has 0 bridgehead atoms. The number of imidazole rings is 1. The topological polar surface area (TPSA) is 27.1 Å². The van der Waals surface area contributed by atoms with Crippen LogP contribution in [-0.4, -0.2) is 23.3 Å². The molecular formula is C12H20N2O. The molecule has 84 valence electrons. The largest absolute Gasteiger partial charge is 0.385 e. The summed E-state index contributed by atoms with van der Waals surface area (Å²) in [5.74, 6) is 1.24. The zero-order valence-electron chi connectivity index (χ0n) is 9.70. The Bertz CT molecular complexity index is 319. The van der Waals surface area contributed by atoms with Crippen molar-refractivity contribution in [1.82, 2.24) is 9.55 Å². The Morgan fingerprint density at radius 2 is 2.47 bits per heavy atom. The molecule has 1 aromatic heterocycles. The second-order valence-corrected chi connectivity index (χ2v) is 4.37. The Hall–Kier alpha value is -0.830. The standard InChI is InChI=1S/C12H20N2O/c1-10-5-3-6-11-9-13-12(14(10)11)7-4-8-15-2/h9-10H,3-8H2,1-2H3. The highest BCUT2D eigenvalue weighted by molar-refractivity contribution is 5.10. The van der Waals surface area contributed by atoms with Gasteiger partial charge >= 0.3 is 0 Å². The summed E-state index contributed by atoms with van der Waals surface area (Å²) >= 11 is 0. The van der Waals surface area contributed by atoms with Gasteiger partial charge in [0, 0.05) is 38.1 Å². The minimum atomic E-state index is 0.633. The first-order chi connectivity index (χ1) is 7.33. The number of fused-ring (bicyclic) bond motifs is 1. The lowest BCUT2D eigenvalue weighted by Crippen LogP contribution is -2.17. The highest BCUT2D eigenvalue weighted by Crippen LogP contribution is 2.26. The van der Waals surface area contributed by atoms with E-state index < -0.39 is 0 Å². The van der Waals surface area contributed by atoms with Gasteiger partial charge in [-0.2, -0.15) is 0 Å². The van der Waals surface area contributed by atoms with Crippen LogP contribution in [0.5, 0.6) is 0 Å². The SMILES string of the molecule is COCCCc1ncc2n1C(C)CCC2. The highest BCUT2D eigenvalue weighted by Gasteiger charge is 2.19. The van der Waals surface area contributed by atoms with Gasteiger partial charge in [-0.1, -0.05) is 0 Å². The molecule has 1 aliphatic rings. The Kier molecular flexibility index (Phi) is 3.41. The number of hydrogen-bond donors (Lipinski definition) is 0. The zero-order valence-corrected chi connectivity index (χ0v) is 9.70. The predicted octanol–water partition coefficient (Wildman–Crippen LogP) is 2.36. The van der Waals surface area contributed by atoms with Crippen molar-refractivity contribution in [3.8, 4) is 0 Å². The van der Waals surface area contributed by atoms with Crippen molar-refractivity contribution < 1.29 is 4.74 Å². The Morgan fingerprint density at radius 1 is 1.60 bits per heavy atom. The molecule has 0 saturated carbocycles. The van der Waals surface area contributed by atoms with Gasteiger partial charge in [-0.25, -0.2) is 4.98 Å². The van der Waals surface area contributed by atoms with Crippen LogP contribution in [0.15, 0.2) is 6.20 Å². The second kappa shape index (κ2) is 4.79. The first kappa shape index (κ1) is 10.7. The van der Waals surface area contributed by atoms with Gasteiger partial charge in [0.1, 0.15) is 5.82 Å². The van der Waals surface area contributed by atoms with Crippen LogP contribution in [-0.2, 0) is 17.6 Å². The fourth-order valence-electron chi connectivity index (χ4n) is 2.43. The van der Waals surface area contributed by atoms with Crippen molar-refractivity contribution in [2.24, 2.45) is 0 Å². The molecule has 1 aliphatic heterocycles. The number of aromatic nitrogens is 2. The molecule has 0 aromatic carbocycles. The third-order valence-corrected chi connectivity index (χ3v) is 3.19. The van der Waals surface area contributed by atoms with Crippen LogP contribution < -0.4 is 0 Å². The number of hydrogen-bond acceptors (Lipinski definition) is 2. The van der Waals surface area contributed by atoms with Gasteiger partial charge in [0.15, 0.2) is 0 Å². The van der Waals surface area contributed by atoms with E-state index in [2.05, 4.69) is 22.7 Å². The van der Waals surface area contributed by atoms with E-state index in [4.69, 9.17) is 4.74 Å². The fourth-order valence-corrected chi connectivity index (χ4v) is 2.43. The van der Waals surface area contributed by atoms with Gasteiger partial charge in [-0.3, -0.25) is 0 Å². The Labute approximate surface area is 91.5 Å². The van der Waals surface area contributed by atoms with E-state index in [1.54, 1.807) is 7.11 Å². The van der Waals surface area contributed by atoms with Crippen molar-refractivity contribution in [2.45, 2.75) is 45.1 Å². The lowest BCUT2D eigenvalue weighted by atomic mass is 10.0.